The maximum atomic E-state index is 13.5. The van der Waals surface area contributed by atoms with E-state index in [2.05, 4.69) is 4.98 Å². The number of benzene rings is 1. The van der Waals surface area contributed by atoms with E-state index in [9.17, 15) is 8.78 Å². The third kappa shape index (κ3) is 1.90. The Morgan fingerprint density at radius 1 is 1.31 bits per heavy atom. The summed E-state index contributed by atoms with van der Waals surface area (Å²) in [5, 5.41) is 1.13. The zero-order valence-electron chi connectivity index (χ0n) is 8.75. The maximum absolute atomic E-state index is 13.5. The van der Waals surface area contributed by atoms with E-state index in [1.165, 1.54) is 30.6 Å². The van der Waals surface area contributed by atoms with Crippen LogP contribution in [0.2, 0.25) is 0 Å². The van der Waals surface area contributed by atoms with Gasteiger partial charge in [-0.1, -0.05) is 11.3 Å². The molecule has 0 aliphatic rings. The third-order valence-corrected chi connectivity index (χ3v) is 3.25. The molecule has 0 atom stereocenters. The molecule has 0 N–H and O–H groups in total. The fraction of sp³-hybridized carbons (Fsp3) is 0.182. The number of hydrogen-bond acceptors (Lipinski definition) is 3. The number of ether oxygens (including phenoxy) is 1. The summed E-state index contributed by atoms with van der Waals surface area (Å²) in [7, 11) is 1.53. The molecular weight excluding hydrogens is 232 g/mol. The highest BCUT2D eigenvalue weighted by atomic mass is 32.1. The number of thiazole rings is 1. The minimum absolute atomic E-state index is 0.290. The van der Waals surface area contributed by atoms with E-state index < -0.39 is 11.6 Å². The molecule has 0 amide bonds. The molecule has 5 heteroatoms. The van der Waals surface area contributed by atoms with E-state index in [0.717, 1.165) is 6.07 Å². The van der Waals surface area contributed by atoms with Crippen LogP contribution in [0, 0.1) is 18.6 Å². The molecule has 0 aliphatic carbocycles. The van der Waals surface area contributed by atoms with Crippen molar-refractivity contribution in [3.63, 3.8) is 0 Å². The lowest BCUT2D eigenvalue weighted by Crippen LogP contribution is -1.85. The molecule has 0 fully saturated rings. The highest BCUT2D eigenvalue weighted by Gasteiger charge is 2.13. The van der Waals surface area contributed by atoms with Crippen LogP contribution >= 0.6 is 11.3 Å². The highest BCUT2D eigenvalue weighted by molar-refractivity contribution is 7.17. The zero-order valence-corrected chi connectivity index (χ0v) is 9.57. The number of aryl methyl sites for hydroxylation is 1. The van der Waals surface area contributed by atoms with Gasteiger partial charge >= 0.3 is 0 Å². The van der Waals surface area contributed by atoms with Crippen LogP contribution in [0.1, 0.15) is 5.69 Å². The van der Waals surface area contributed by atoms with Gasteiger partial charge in [0.1, 0.15) is 16.6 Å². The monoisotopic (exact) mass is 241 g/mol. The Kier molecular flexibility index (Phi) is 2.87. The summed E-state index contributed by atoms with van der Waals surface area (Å²) in [6.45, 7) is 1.78. The minimum atomic E-state index is -0.614. The zero-order chi connectivity index (χ0) is 11.7. The summed E-state index contributed by atoms with van der Waals surface area (Å²) in [4.78, 5) is 4.17. The van der Waals surface area contributed by atoms with E-state index >= 15 is 0 Å². The van der Waals surface area contributed by atoms with Gasteiger partial charge in [0.2, 0.25) is 0 Å². The lowest BCUT2D eigenvalue weighted by Gasteiger charge is -1.97. The lowest BCUT2D eigenvalue weighted by molar-refractivity contribution is 0.423. The number of aromatic nitrogens is 1. The van der Waals surface area contributed by atoms with Crippen molar-refractivity contribution < 1.29 is 13.5 Å². The molecule has 2 nitrogen and oxygen atoms in total. The molecule has 1 heterocycles. The van der Waals surface area contributed by atoms with Crippen molar-refractivity contribution in [1.82, 2.24) is 4.98 Å². The van der Waals surface area contributed by atoms with Gasteiger partial charge in [0.15, 0.2) is 5.06 Å². The van der Waals surface area contributed by atoms with Crippen molar-refractivity contribution in [1.29, 1.82) is 0 Å². The molecule has 0 saturated carbocycles. The Balaban J connectivity index is 2.50. The number of nitrogens with zero attached hydrogens (tertiary/aromatic N) is 1. The smallest absolute Gasteiger partial charge is 0.197 e. The van der Waals surface area contributed by atoms with Gasteiger partial charge in [-0.25, -0.2) is 13.8 Å². The van der Waals surface area contributed by atoms with Gasteiger partial charge in [0, 0.05) is 11.6 Å². The van der Waals surface area contributed by atoms with Gasteiger partial charge in [0.25, 0.3) is 0 Å². The van der Waals surface area contributed by atoms with Crippen molar-refractivity contribution in [2.45, 2.75) is 6.92 Å². The fourth-order valence-electron chi connectivity index (χ4n) is 1.35. The number of methoxy groups -OCH3 is 1. The van der Waals surface area contributed by atoms with Gasteiger partial charge < -0.3 is 4.74 Å². The van der Waals surface area contributed by atoms with Crippen LogP contribution in [0.4, 0.5) is 8.78 Å². The molecule has 1 aromatic carbocycles. The number of hydrogen-bond donors (Lipinski definition) is 0. The minimum Gasteiger partial charge on any atom is -0.486 e. The second kappa shape index (κ2) is 4.17. The summed E-state index contributed by atoms with van der Waals surface area (Å²) in [6, 6.07) is 3.43. The lowest BCUT2D eigenvalue weighted by atomic mass is 10.2. The first-order chi connectivity index (χ1) is 7.61. The average Bonchev–Trinajstić information content (AvgIpc) is 2.59. The van der Waals surface area contributed by atoms with Crippen LogP contribution in [-0.2, 0) is 0 Å². The molecule has 2 aromatic rings. The second-order valence-corrected chi connectivity index (χ2v) is 4.18. The molecule has 0 bridgehead atoms. The van der Waals surface area contributed by atoms with Crippen molar-refractivity contribution in [2.24, 2.45) is 0 Å². The van der Waals surface area contributed by atoms with Gasteiger partial charge in [0.05, 0.1) is 12.8 Å². The quantitative estimate of drug-likeness (QED) is 0.803. The summed E-state index contributed by atoms with van der Waals surface area (Å²) in [5.41, 5.74) is 0.990. The van der Waals surface area contributed by atoms with E-state index in [4.69, 9.17) is 4.74 Å². The Labute approximate surface area is 95.5 Å². The summed E-state index contributed by atoms with van der Waals surface area (Å²) >= 11 is 1.24. The highest BCUT2D eigenvalue weighted by Crippen LogP contribution is 2.34. The first-order valence-electron chi connectivity index (χ1n) is 4.58. The molecule has 2 rings (SSSR count). The fourth-order valence-corrected chi connectivity index (χ4v) is 2.26. The Morgan fingerprint density at radius 3 is 2.62 bits per heavy atom. The van der Waals surface area contributed by atoms with Crippen molar-refractivity contribution in [3.8, 4) is 15.6 Å². The van der Waals surface area contributed by atoms with Gasteiger partial charge in [-0.3, -0.25) is 0 Å². The molecule has 0 saturated heterocycles. The standard InChI is InChI=1S/C11H9F2NOS/c1-6-11(15-2)16-10(14-6)8-4-3-7(12)5-9(8)13/h3-5H,1-2H3. The molecule has 16 heavy (non-hydrogen) atoms. The molecule has 1 aromatic heterocycles. The SMILES string of the molecule is COc1sc(-c2ccc(F)cc2F)nc1C. The molecule has 0 spiro atoms. The number of rotatable bonds is 2. The normalized spacial score (nSPS) is 10.5. The maximum Gasteiger partial charge on any atom is 0.197 e. The third-order valence-electron chi connectivity index (χ3n) is 2.10. The van der Waals surface area contributed by atoms with Crippen LogP contribution < -0.4 is 4.74 Å². The molecule has 0 aliphatic heterocycles. The topological polar surface area (TPSA) is 22.1 Å². The molecular formula is C11H9F2NOS. The van der Waals surface area contributed by atoms with Crippen LogP contribution in [-0.4, -0.2) is 12.1 Å². The Bertz CT molecular complexity index is 525. The van der Waals surface area contributed by atoms with E-state index in [1.807, 2.05) is 0 Å². The van der Waals surface area contributed by atoms with E-state index in [0.29, 0.717) is 15.8 Å². The molecule has 0 radical (unpaired) electrons. The first kappa shape index (κ1) is 11.0. The van der Waals surface area contributed by atoms with E-state index in [-0.39, 0.29) is 5.56 Å². The van der Waals surface area contributed by atoms with Gasteiger partial charge in [-0.2, -0.15) is 0 Å². The molecule has 84 valence electrons. The first-order valence-corrected chi connectivity index (χ1v) is 5.40. The van der Waals surface area contributed by atoms with Crippen LogP contribution in [0.25, 0.3) is 10.6 Å². The largest absolute Gasteiger partial charge is 0.486 e. The Hall–Kier alpha value is -1.49. The predicted molar refractivity (Wildman–Crippen MR) is 58.8 cm³/mol. The predicted octanol–water partition coefficient (Wildman–Crippen LogP) is 3.41. The van der Waals surface area contributed by atoms with Crippen molar-refractivity contribution in [2.75, 3.05) is 7.11 Å². The van der Waals surface area contributed by atoms with Crippen LogP contribution in [0.15, 0.2) is 18.2 Å². The summed E-state index contributed by atoms with van der Waals surface area (Å²) < 4.78 is 31.3. The average molecular weight is 241 g/mol. The van der Waals surface area contributed by atoms with Crippen molar-refractivity contribution in [3.05, 3.63) is 35.5 Å². The van der Waals surface area contributed by atoms with Crippen LogP contribution in [0.3, 0.4) is 0 Å². The second-order valence-electron chi connectivity index (χ2n) is 3.22. The van der Waals surface area contributed by atoms with Gasteiger partial charge in [-0.15, -0.1) is 0 Å². The molecule has 0 unspecified atom stereocenters. The van der Waals surface area contributed by atoms with E-state index in [1.54, 1.807) is 6.92 Å². The summed E-state index contributed by atoms with van der Waals surface area (Å²) in [6.07, 6.45) is 0. The van der Waals surface area contributed by atoms with Crippen LogP contribution in [0.5, 0.6) is 5.06 Å². The summed E-state index contributed by atoms with van der Waals surface area (Å²) in [5.74, 6) is -1.21. The van der Waals surface area contributed by atoms with Crippen molar-refractivity contribution >= 4 is 11.3 Å². The number of halogens is 2. The van der Waals surface area contributed by atoms with Gasteiger partial charge in [-0.05, 0) is 19.1 Å². The Morgan fingerprint density at radius 2 is 2.06 bits per heavy atom.